The van der Waals surface area contributed by atoms with Crippen molar-refractivity contribution in [2.24, 2.45) is 5.73 Å². The Morgan fingerprint density at radius 1 is 0.337 bits per heavy atom. The molecule has 2 atom stereocenters. The van der Waals surface area contributed by atoms with Crippen LogP contribution in [0, 0.1) is 0 Å². The number of allylic oxidation sites excluding steroid dienone is 30. The van der Waals surface area contributed by atoms with Crippen molar-refractivity contribution in [2.75, 3.05) is 26.4 Å². The number of carbonyl (C=O) groups is 2. The second-order valence-electron chi connectivity index (χ2n) is 22.6. The highest BCUT2D eigenvalue weighted by atomic mass is 31.2. The van der Waals surface area contributed by atoms with Gasteiger partial charge < -0.3 is 20.1 Å². The Balaban J connectivity index is 3.96. The van der Waals surface area contributed by atoms with Crippen molar-refractivity contribution >= 4 is 19.8 Å². The van der Waals surface area contributed by atoms with Crippen LogP contribution in [-0.2, 0) is 32.7 Å². The first kappa shape index (κ1) is 84.1. The summed E-state index contributed by atoms with van der Waals surface area (Å²) in [5.41, 5.74) is 5.40. The van der Waals surface area contributed by atoms with E-state index in [0.717, 1.165) is 141 Å². The molecule has 0 saturated carbocycles. The molecule has 0 saturated heterocycles. The van der Waals surface area contributed by atoms with Gasteiger partial charge in [-0.2, -0.15) is 0 Å². The lowest BCUT2D eigenvalue weighted by molar-refractivity contribution is -0.161. The molecule has 0 aliphatic rings. The number of nitrogens with two attached hydrogens (primary N) is 1. The monoisotopic (exact) mass is 1250 g/mol. The molecule has 0 heterocycles. The predicted octanol–water partition coefficient (Wildman–Crippen LogP) is 23.5. The second-order valence-corrected chi connectivity index (χ2v) is 24.1. The Bertz CT molecular complexity index is 2110. The first-order chi connectivity index (χ1) is 43.8. The van der Waals surface area contributed by atoms with Crippen LogP contribution in [0.3, 0.4) is 0 Å². The van der Waals surface area contributed by atoms with Crippen LogP contribution in [0.5, 0.6) is 0 Å². The minimum atomic E-state index is -4.41. The maximum atomic E-state index is 12.8. The van der Waals surface area contributed by atoms with E-state index in [1.807, 2.05) is 0 Å². The molecule has 0 amide bonds. The lowest BCUT2D eigenvalue weighted by atomic mass is 10.0. The van der Waals surface area contributed by atoms with Crippen molar-refractivity contribution in [3.63, 3.8) is 0 Å². The zero-order valence-electron chi connectivity index (χ0n) is 56.3. The molecular weight excluding hydrogens is 1120 g/mol. The minimum Gasteiger partial charge on any atom is -0.462 e. The number of hydrogen-bond donors (Lipinski definition) is 2. The number of esters is 2. The third kappa shape index (κ3) is 72.1. The third-order valence-corrected chi connectivity index (χ3v) is 15.3. The molecular formula is C79H128NO8P. The largest absolute Gasteiger partial charge is 0.472 e. The van der Waals surface area contributed by atoms with Gasteiger partial charge in [-0.1, -0.05) is 305 Å². The Hall–Kier alpha value is -4.89. The van der Waals surface area contributed by atoms with Crippen molar-refractivity contribution in [3.8, 4) is 0 Å². The Labute approximate surface area is 545 Å². The summed E-state index contributed by atoms with van der Waals surface area (Å²) >= 11 is 0. The van der Waals surface area contributed by atoms with Crippen molar-refractivity contribution in [1.82, 2.24) is 0 Å². The third-order valence-electron chi connectivity index (χ3n) is 14.3. The van der Waals surface area contributed by atoms with Crippen molar-refractivity contribution in [1.29, 1.82) is 0 Å². The quantitative estimate of drug-likeness (QED) is 0.0264. The second kappa shape index (κ2) is 72.2. The zero-order chi connectivity index (χ0) is 64.4. The van der Waals surface area contributed by atoms with Crippen LogP contribution < -0.4 is 5.73 Å². The lowest BCUT2D eigenvalue weighted by Crippen LogP contribution is -2.29. The molecule has 502 valence electrons. The molecule has 9 nitrogen and oxygen atoms in total. The first-order valence-corrected chi connectivity index (χ1v) is 36.8. The molecule has 0 aromatic carbocycles. The number of carbonyl (C=O) groups excluding carboxylic acids is 2. The Morgan fingerprint density at radius 3 is 0.865 bits per heavy atom. The van der Waals surface area contributed by atoms with Crippen LogP contribution in [0.1, 0.15) is 271 Å². The fourth-order valence-corrected chi connectivity index (χ4v) is 9.93. The smallest absolute Gasteiger partial charge is 0.462 e. The van der Waals surface area contributed by atoms with Gasteiger partial charge in [0, 0.05) is 19.4 Å². The Morgan fingerprint density at radius 2 is 0.584 bits per heavy atom. The van der Waals surface area contributed by atoms with E-state index in [4.69, 9.17) is 24.3 Å². The fraction of sp³-hybridized carbons (Fsp3) is 0.595. The normalized spacial score (nSPS) is 14.1. The molecule has 0 bridgehead atoms. The summed E-state index contributed by atoms with van der Waals surface area (Å²) in [6.45, 7) is 3.48. The van der Waals surface area contributed by atoms with Crippen LogP contribution >= 0.6 is 7.82 Å². The van der Waals surface area contributed by atoms with Crippen molar-refractivity contribution in [2.45, 2.75) is 277 Å². The fourth-order valence-electron chi connectivity index (χ4n) is 9.16. The topological polar surface area (TPSA) is 134 Å². The molecule has 0 aliphatic heterocycles. The summed E-state index contributed by atoms with van der Waals surface area (Å²) in [7, 11) is -4.41. The average molecular weight is 1250 g/mol. The zero-order valence-corrected chi connectivity index (χ0v) is 57.2. The summed E-state index contributed by atoms with van der Waals surface area (Å²) in [6.07, 6.45) is 108. The maximum absolute atomic E-state index is 12.8. The van der Waals surface area contributed by atoms with E-state index in [1.165, 1.54) is 96.3 Å². The number of ether oxygens (including phenoxy) is 2. The summed E-state index contributed by atoms with van der Waals surface area (Å²) in [6, 6.07) is 0. The molecule has 0 aliphatic carbocycles. The number of unbranched alkanes of at least 4 members (excludes halogenated alkanes) is 21. The van der Waals surface area contributed by atoms with Gasteiger partial charge in [-0.05, 0) is 135 Å². The number of phosphoric acid groups is 1. The molecule has 0 aromatic heterocycles. The van der Waals surface area contributed by atoms with Gasteiger partial charge in [0.15, 0.2) is 6.10 Å². The van der Waals surface area contributed by atoms with E-state index in [9.17, 15) is 19.0 Å². The Kier molecular flexibility index (Phi) is 68.2. The van der Waals surface area contributed by atoms with E-state index in [2.05, 4.69) is 196 Å². The molecule has 0 radical (unpaired) electrons. The summed E-state index contributed by atoms with van der Waals surface area (Å²) in [4.78, 5) is 35.4. The van der Waals surface area contributed by atoms with Gasteiger partial charge in [-0.15, -0.1) is 0 Å². The van der Waals surface area contributed by atoms with Crippen LogP contribution in [0.15, 0.2) is 182 Å². The number of phosphoric ester groups is 1. The SMILES string of the molecule is CC/C=C\C/C=C\C/C=C\C/C=C\C/C=C\C/C=C\C/C=C\C/C=C\CCCCCCC(=O)OC(COC(=O)CCCCCCCCCCCCCCCCCCC/C=C\C/C=C\C/C=C\C/C=C\C/C=C\C/C=C\C/C=C\CC)COP(=O)(O)OCCN. The van der Waals surface area contributed by atoms with E-state index in [1.54, 1.807) is 0 Å². The van der Waals surface area contributed by atoms with Crippen LogP contribution in [0.25, 0.3) is 0 Å². The molecule has 3 N–H and O–H groups in total. The van der Waals surface area contributed by atoms with Crippen molar-refractivity contribution in [3.05, 3.63) is 182 Å². The predicted molar refractivity (Wildman–Crippen MR) is 385 cm³/mol. The first-order valence-electron chi connectivity index (χ1n) is 35.3. The lowest BCUT2D eigenvalue weighted by Gasteiger charge is -2.19. The highest BCUT2D eigenvalue weighted by Crippen LogP contribution is 2.43. The minimum absolute atomic E-state index is 0.0405. The molecule has 0 aromatic rings. The number of rotatable bonds is 64. The van der Waals surface area contributed by atoms with Gasteiger partial charge in [0.25, 0.3) is 0 Å². The average Bonchev–Trinajstić information content (AvgIpc) is 3.68. The number of hydrogen-bond acceptors (Lipinski definition) is 8. The highest BCUT2D eigenvalue weighted by Gasteiger charge is 2.26. The molecule has 2 unspecified atom stereocenters. The standard InChI is InChI=1S/C79H128NO8P/c1-3-5-7-9-11-13-15-17-19-21-23-25-27-29-31-33-34-35-36-37-38-39-40-41-42-44-45-47-49-51-53-55-57-59-61-63-65-67-69-71-78(81)85-75-77(76-87-89(83,84)86-74-73-80)88-79(82)72-70-68-66-64-62-60-58-56-54-52-50-48-46-43-32-30-28-26-24-22-20-18-16-14-12-10-8-6-4-2/h5-8,11-14,17-20,23-26,29-32,34-35,37-38,46,48,52,54,58,60,77H,3-4,9-10,15-16,21-22,27-28,33,36,39-45,47,49-51,53,55-57,59,61-76,80H2,1-2H3,(H,83,84)/b7-5-,8-6-,13-11-,14-12-,19-17-,20-18-,25-23-,26-24-,31-29-,32-30-,35-34-,38-37-,48-46-,54-52-,60-58-. The van der Waals surface area contributed by atoms with E-state index >= 15 is 0 Å². The molecule has 0 spiro atoms. The van der Waals surface area contributed by atoms with Gasteiger partial charge in [0.2, 0.25) is 0 Å². The van der Waals surface area contributed by atoms with Crippen molar-refractivity contribution < 1.29 is 37.6 Å². The van der Waals surface area contributed by atoms with E-state index in [0.29, 0.717) is 6.42 Å². The van der Waals surface area contributed by atoms with E-state index < -0.39 is 32.5 Å². The molecule has 0 rings (SSSR count). The van der Waals surface area contributed by atoms with Gasteiger partial charge in [0.1, 0.15) is 6.61 Å². The maximum Gasteiger partial charge on any atom is 0.472 e. The summed E-state index contributed by atoms with van der Waals surface area (Å²) < 4.78 is 33.1. The highest BCUT2D eigenvalue weighted by molar-refractivity contribution is 7.47. The van der Waals surface area contributed by atoms with Gasteiger partial charge in [0.05, 0.1) is 13.2 Å². The van der Waals surface area contributed by atoms with Gasteiger partial charge in [-0.25, -0.2) is 4.57 Å². The van der Waals surface area contributed by atoms with Gasteiger partial charge in [-0.3, -0.25) is 18.6 Å². The van der Waals surface area contributed by atoms with Gasteiger partial charge >= 0.3 is 19.8 Å². The van der Waals surface area contributed by atoms with Crippen LogP contribution in [0.2, 0.25) is 0 Å². The molecule has 0 fully saturated rings. The molecule has 89 heavy (non-hydrogen) atoms. The molecule has 10 heteroatoms. The van der Waals surface area contributed by atoms with E-state index in [-0.39, 0.29) is 32.6 Å². The summed E-state index contributed by atoms with van der Waals surface area (Å²) in [5.74, 6) is -0.863. The van der Waals surface area contributed by atoms with Crippen LogP contribution in [-0.4, -0.2) is 49.3 Å². The summed E-state index contributed by atoms with van der Waals surface area (Å²) in [5, 5.41) is 0. The van der Waals surface area contributed by atoms with Crippen LogP contribution in [0.4, 0.5) is 0 Å².